The van der Waals surface area contributed by atoms with Crippen molar-refractivity contribution >= 4 is 5.97 Å². The van der Waals surface area contributed by atoms with Gasteiger partial charge in [0.15, 0.2) is 0 Å². The molecule has 1 aliphatic rings. The lowest BCUT2D eigenvalue weighted by atomic mass is 10.1. The van der Waals surface area contributed by atoms with Gasteiger partial charge < -0.3 is 5.11 Å². The molecule has 0 saturated heterocycles. The van der Waals surface area contributed by atoms with Crippen LogP contribution in [-0.4, -0.2) is 17.2 Å². The highest BCUT2D eigenvalue weighted by Crippen LogP contribution is 2.50. The lowest BCUT2D eigenvalue weighted by molar-refractivity contribution is -0.138. The summed E-state index contributed by atoms with van der Waals surface area (Å²) in [5.74, 6) is -0.905. The Kier molecular flexibility index (Phi) is 1.22. The molecule has 1 aliphatic carbocycles. The summed E-state index contributed by atoms with van der Waals surface area (Å²) in [6, 6.07) is 0. The van der Waals surface area contributed by atoms with Crippen LogP contribution < -0.4 is 0 Å². The van der Waals surface area contributed by atoms with Crippen LogP contribution in [0, 0.1) is 5.41 Å². The molecule has 0 heterocycles. The fraction of sp³-hybridized carbons (Fsp3) is 0.833. The maximum absolute atomic E-state index is 12.3. The normalized spacial score (nSPS) is 40.4. The number of carbonyl (C=O) groups is 1. The zero-order valence-electron chi connectivity index (χ0n) is 5.22. The quantitative estimate of drug-likeness (QED) is 0.613. The molecule has 0 amide bonds. The lowest BCUT2D eigenvalue weighted by Crippen LogP contribution is -2.06. The Labute approximate surface area is 52.7 Å². The van der Waals surface area contributed by atoms with E-state index in [1.165, 1.54) is 0 Å². The van der Waals surface area contributed by atoms with Gasteiger partial charge in [-0.3, -0.25) is 4.79 Å². The fourth-order valence-corrected chi connectivity index (χ4v) is 0.879. The van der Waals surface area contributed by atoms with Gasteiger partial charge in [0.2, 0.25) is 0 Å². The molecular formula is C6H9FO2. The number of carboxylic acid groups (broad SMARTS) is 1. The van der Waals surface area contributed by atoms with E-state index in [1.807, 2.05) is 0 Å². The Morgan fingerprint density at radius 2 is 2.44 bits per heavy atom. The largest absolute Gasteiger partial charge is 0.481 e. The van der Waals surface area contributed by atoms with Crippen LogP contribution in [0.2, 0.25) is 0 Å². The van der Waals surface area contributed by atoms with Crippen LogP contribution in [0.5, 0.6) is 0 Å². The zero-order chi connectivity index (χ0) is 7.07. The van der Waals surface area contributed by atoms with E-state index >= 15 is 0 Å². The molecule has 0 unspecified atom stereocenters. The van der Waals surface area contributed by atoms with Crippen LogP contribution >= 0.6 is 0 Å². The number of carboxylic acids is 1. The Morgan fingerprint density at radius 1 is 2.00 bits per heavy atom. The minimum absolute atomic E-state index is 0.0336. The number of alkyl halides is 1. The van der Waals surface area contributed by atoms with E-state index in [4.69, 9.17) is 5.11 Å². The summed E-state index contributed by atoms with van der Waals surface area (Å²) in [4.78, 5) is 10.0. The first-order chi connectivity index (χ1) is 4.04. The van der Waals surface area contributed by atoms with Crippen LogP contribution in [0.4, 0.5) is 4.39 Å². The van der Waals surface area contributed by atoms with Gasteiger partial charge in [-0.05, 0) is 6.42 Å². The standard InChI is InChI=1S/C6H9FO2/c1-6(2-4(6)7)3-5(8)9/h4H,2-3H2,1H3,(H,8,9)/t4-,6-/m1/s1. The van der Waals surface area contributed by atoms with Crippen LogP contribution in [0.1, 0.15) is 19.8 Å². The third-order valence-electron chi connectivity index (χ3n) is 1.80. The molecule has 2 atom stereocenters. The van der Waals surface area contributed by atoms with Crippen molar-refractivity contribution in [2.75, 3.05) is 0 Å². The van der Waals surface area contributed by atoms with Gasteiger partial charge in [-0.25, -0.2) is 4.39 Å². The highest BCUT2D eigenvalue weighted by molar-refractivity contribution is 5.68. The molecule has 1 N–H and O–H groups in total. The molecule has 0 bridgehead atoms. The van der Waals surface area contributed by atoms with Crippen LogP contribution in [0.15, 0.2) is 0 Å². The predicted octanol–water partition coefficient (Wildman–Crippen LogP) is 1.21. The molecule has 0 spiro atoms. The minimum atomic E-state index is -0.905. The molecule has 0 aromatic rings. The summed E-state index contributed by atoms with van der Waals surface area (Å²) >= 11 is 0. The molecule has 1 rings (SSSR count). The van der Waals surface area contributed by atoms with Gasteiger partial charge in [0, 0.05) is 5.41 Å². The molecule has 1 saturated carbocycles. The van der Waals surface area contributed by atoms with Gasteiger partial charge in [0.25, 0.3) is 0 Å². The lowest BCUT2D eigenvalue weighted by Gasteiger charge is -2.00. The van der Waals surface area contributed by atoms with E-state index < -0.39 is 17.6 Å². The van der Waals surface area contributed by atoms with Crippen molar-refractivity contribution < 1.29 is 14.3 Å². The maximum Gasteiger partial charge on any atom is 0.304 e. The Bertz CT molecular complexity index is 146. The van der Waals surface area contributed by atoms with E-state index in [2.05, 4.69) is 0 Å². The van der Waals surface area contributed by atoms with Crippen molar-refractivity contribution in [2.24, 2.45) is 5.41 Å². The first kappa shape index (κ1) is 6.52. The average Bonchev–Trinajstić information content (AvgIpc) is 2.10. The summed E-state index contributed by atoms with van der Waals surface area (Å²) in [6.45, 7) is 1.66. The Balaban J connectivity index is 2.37. The van der Waals surface area contributed by atoms with Crippen LogP contribution in [-0.2, 0) is 4.79 Å². The van der Waals surface area contributed by atoms with E-state index in [1.54, 1.807) is 6.92 Å². The third kappa shape index (κ3) is 1.20. The van der Waals surface area contributed by atoms with Crippen molar-refractivity contribution in [1.82, 2.24) is 0 Å². The molecule has 3 heteroatoms. The smallest absolute Gasteiger partial charge is 0.304 e. The number of hydrogen-bond donors (Lipinski definition) is 1. The summed E-state index contributed by atoms with van der Waals surface area (Å²) < 4.78 is 12.3. The summed E-state index contributed by atoms with van der Waals surface area (Å²) in [7, 11) is 0. The van der Waals surface area contributed by atoms with Gasteiger partial charge in [0.1, 0.15) is 6.17 Å². The Morgan fingerprint density at radius 3 is 2.56 bits per heavy atom. The fourth-order valence-electron chi connectivity index (χ4n) is 0.879. The average molecular weight is 132 g/mol. The minimum Gasteiger partial charge on any atom is -0.481 e. The summed E-state index contributed by atoms with van der Waals surface area (Å²) in [5.41, 5.74) is -0.536. The summed E-state index contributed by atoms with van der Waals surface area (Å²) in [6.07, 6.45) is -0.499. The van der Waals surface area contributed by atoms with Gasteiger partial charge in [-0.2, -0.15) is 0 Å². The second-order valence-corrected chi connectivity index (χ2v) is 2.90. The maximum atomic E-state index is 12.3. The zero-order valence-corrected chi connectivity index (χ0v) is 5.22. The monoisotopic (exact) mass is 132 g/mol. The topological polar surface area (TPSA) is 37.3 Å². The number of hydrogen-bond acceptors (Lipinski definition) is 1. The number of rotatable bonds is 2. The number of aliphatic carboxylic acids is 1. The second kappa shape index (κ2) is 1.69. The molecule has 0 radical (unpaired) electrons. The third-order valence-corrected chi connectivity index (χ3v) is 1.80. The van der Waals surface area contributed by atoms with Gasteiger partial charge in [-0.1, -0.05) is 6.92 Å². The number of halogens is 1. The molecule has 1 fully saturated rings. The molecule has 2 nitrogen and oxygen atoms in total. The van der Waals surface area contributed by atoms with Crippen molar-refractivity contribution in [3.05, 3.63) is 0 Å². The van der Waals surface area contributed by atoms with E-state index in [-0.39, 0.29) is 6.42 Å². The Hall–Kier alpha value is -0.600. The van der Waals surface area contributed by atoms with Gasteiger partial charge in [-0.15, -0.1) is 0 Å². The van der Waals surface area contributed by atoms with Gasteiger partial charge >= 0.3 is 5.97 Å². The first-order valence-electron chi connectivity index (χ1n) is 2.90. The summed E-state index contributed by atoms with van der Waals surface area (Å²) in [5, 5.41) is 8.24. The van der Waals surface area contributed by atoms with Crippen molar-refractivity contribution in [3.8, 4) is 0 Å². The van der Waals surface area contributed by atoms with Crippen molar-refractivity contribution in [1.29, 1.82) is 0 Å². The molecule has 0 aromatic heterocycles. The molecule has 0 aliphatic heterocycles. The van der Waals surface area contributed by atoms with Crippen molar-refractivity contribution in [3.63, 3.8) is 0 Å². The molecule has 9 heavy (non-hydrogen) atoms. The van der Waals surface area contributed by atoms with E-state index in [0.717, 1.165) is 0 Å². The second-order valence-electron chi connectivity index (χ2n) is 2.90. The predicted molar refractivity (Wildman–Crippen MR) is 29.9 cm³/mol. The molecular weight excluding hydrogens is 123 g/mol. The van der Waals surface area contributed by atoms with E-state index in [0.29, 0.717) is 6.42 Å². The SMILES string of the molecule is C[C@]1(CC(=O)O)C[C@H]1F. The highest BCUT2D eigenvalue weighted by Gasteiger charge is 2.52. The van der Waals surface area contributed by atoms with E-state index in [9.17, 15) is 9.18 Å². The molecule has 52 valence electrons. The van der Waals surface area contributed by atoms with Gasteiger partial charge in [0.05, 0.1) is 6.42 Å². The first-order valence-corrected chi connectivity index (χ1v) is 2.90. The van der Waals surface area contributed by atoms with Crippen LogP contribution in [0.25, 0.3) is 0 Å². The van der Waals surface area contributed by atoms with Crippen LogP contribution in [0.3, 0.4) is 0 Å². The van der Waals surface area contributed by atoms with Crippen molar-refractivity contribution in [2.45, 2.75) is 25.9 Å². The highest BCUT2D eigenvalue weighted by atomic mass is 19.1. The molecule has 0 aromatic carbocycles.